The Balaban J connectivity index is 3.04. The van der Waals surface area contributed by atoms with Gasteiger partial charge >= 0.3 is 0 Å². The first-order valence-electron chi connectivity index (χ1n) is 5.58. The Kier molecular flexibility index (Phi) is 4.96. The molecule has 0 amide bonds. The normalized spacial score (nSPS) is 12.2. The summed E-state index contributed by atoms with van der Waals surface area (Å²) >= 11 is 0. The number of hydrogen-bond acceptors (Lipinski definition) is 6. The number of hydrogen-bond donors (Lipinski definition) is 2. The van der Waals surface area contributed by atoms with Gasteiger partial charge in [0.25, 0.3) is 0 Å². The number of nitrogens with zero attached hydrogens (tertiary/aromatic N) is 2. The number of nitrogens with one attached hydrogen (secondary N) is 1. The SMILES string of the molecule is CCC(C)Nc1nc(COC)nc(OC)c1N. The number of ether oxygens (including phenoxy) is 2. The van der Waals surface area contributed by atoms with Crippen LogP contribution in [0.4, 0.5) is 11.5 Å². The van der Waals surface area contributed by atoms with Crippen LogP contribution < -0.4 is 15.8 Å². The van der Waals surface area contributed by atoms with Crippen molar-refractivity contribution in [1.82, 2.24) is 9.97 Å². The van der Waals surface area contributed by atoms with Crippen LogP contribution in [-0.4, -0.2) is 30.2 Å². The second-order valence-corrected chi connectivity index (χ2v) is 3.80. The molecule has 0 saturated heterocycles. The fourth-order valence-corrected chi connectivity index (χ4v) is 1.29. The van der Waals surface area contributed by atoms with Crippen molar-refractivity contribution >= 4 is 11.5 Å². The van der Waals surface area contributed by atoms with Gasteiger partial charge in [-0.25, -0.2) is 4.98 Å². The molecule has 0 aliphatic rings. The van der Waals surface area contributed by atoms with E-state index in [0.717, 1.165) is 6.42 Å². The molecule has 1 aromatic rings. The average Bonchev–Trinajstić information content (AvgIpc) is 2.33. The van der Waals surface area contributed by atoms with Crippen LogP contribution in [0.2, 0.25) is 0 Å². The highest BCUT2D eigenvalue weighted by Gasteiger charge is 2.13. The third kappa shape index (κ3) is 3.45. The van der Waals surface area contributed by atoms with Gasteiger partial charge in [-0.2, -0.15) is 4.98 Å². The maximum Gasteiger partial charge on any atom is 0.242 e. The second-order valence-electron chi connectivity index (χ2n) is 3.80. The summed E-state index contributed by atoms with van der Waals surface area (Å²) in [6.45, 7) is 4.47. The van der Waals surface area contributed by atoms with Crippen LogP contribution in [0.3, 0.4) is 0 Å². The third-order valence-corrected chi connectivity index (χ3v) is 2.42. The Morgan fingerprint density at radius 1 is 1.35 bits per heavy atom. The third-order valence-electron chi connectivity index (χ3n) is 2.42. The molecule has 17 heavy (non-hydrogen) atoms. The molecule has 1 rings (SSSR count). The monoisotopic (exact) mass is 240 g/mol. The maximum atomic E-state index is 5.91. The van der Waals surface area contributed by atoms with Gasteiger partial charge in [-0.1, -0.05) is 6.92 Å². The summed E-state index contributed by atoms with van der Waals surface area (Å²) in [7, 11) is 3.12. The summed E-state index contributed by atoms with van der Waals surface area (Å²) in [6, 6.07) is 0.285. The summed E-state index contributed by atoms with van der Waals surface area (Å²) in [5, 5.41) is 3.22. The Morgan fingerprint density at radius 2 is 2.06 bits per heavy atom. The second kappa shape index (κ2) is 6.24. The fraction of sp³-hybridized carbons (Fsp3) is 0.636. The lowest BCUT2D eigenvalue weighted by Crippen LogP contribution is -2.17. The first-order valence-corrected chi connectivity index (χ1v) is 5.58. The predicted octanol–water partition coefficient (Wildman–Crippen LogP) is 1.42. The summed E-state index contributed by atoms with van der Waals surface area (Å²) in [5.74, 6) is 1.51. The van der Waals surface area contributed by atoms with Gasteiger partial charge in [0, 0.05) is 13.2 Å². The summed E-state index contributed by atoms with van der Waals surface area (Å²) in [4.78, 5) is 8.46. The highest BCUT2D eigenvalue weighted by atomic mass is 16.5. The van der Waals surface area contributed by atoms with E-state index >= 15 is 0 Å². The van der Waals surface area contributed by atoms with E-state index < -0.39 is 0 Å². The van der Waals surface area contributed by atoms with Gasteiger partial charge in [0.2, 0.25) is 5.88 Å². The van der Waals surface area contributed by atoms with Crippen LogP contribution in [-0.2, 0) is 11.3 Å². The number of nitrogen functional groups attached to an aromatic ring is 1. The molecule has 0 aliphatic carbocycles. The zero-order valence-corrected chi connectivity index (χ0v) is 10.8. The van der Waals surface area contributed by atoms with Crippen molar-refractivity contribution in [3.05, 3.63) is 5.82 Å². The maximum absolute atomic E-state index is 5.91. The number of rotatable bonds is 6. The highest BCUT2D eigenvalue weighted by Crippen LogP contribution is 2.26. The Labute approximate surface area is 102 Å². The highest BCUT2D eigenvalue weighted by molar-refractivity contribution is 5.67. The van der Waals surface area contributed by atoms with E-state index in [0.29, 0.717) is 29.8 Å². The Morgan fingerprint density at radius 3 is 2.59 bits per heavy atom. The lowest BCUT2D eigenvalue weighted by Gasteiger charge is -2.16. The van der Waals surface area contributed by atoms with E-state index in [1.54, 1.807) is 7.11 Å². The van der Waals surface area contributed by atoms with E-state index in [1.165, 1.54) is 7.11 Å². The molecule has 0 spiro atoms. The van der Waals surface area contributed by atoms with Crippen LogP contribution >= 0.6 is 0 Å². The molecule has 0 radical (unpaired) electrons. The van der Waals surface area contributed by atoms with E-state index in [1.807, 2.05) is 0 Å². The molecule has 1 heterocycles. The molecule has 96 valence electrons. The molecular weight excluding hydrogens is 220 g/mol. The van der Waals surface area contributed by atoms with Crippen LogP contribution in [0, 0.1) is 0 Å². The number of aromatic nitrogens is 2. The zero-order valence-electron chi connectivity index (χ0n) is 10.8. The first kappa shape index (κ1) is 13.5. The van der Waals surface area contributed by atoms with Crippen LogP contribution in [0.25, 0.3) is 0 Å². The van der Waals surface area contributed by atoms with Gasteiger partial charge in [0.1, 0.15) is 12.3 Å². The predicted molar refractivity (Wildman–Crippen MR) is 67.1 cm³/mol. The number of methoxy groups -OCH3 is 2. The van der Waals surface area contributed by atoms with Crippen LogP contribution in [0.15, 0.2) is 0 Å². The van der Waals surface area contributed by atoms with Crippen LogP contribution in [0.5, 0.6) is 5.88 Å². The molecule has 3 N–H and O–H groups in total. The minimum Gasteiger partial charge on any atom is -0.479 e. The molecule has 6 nitrogen and oxygen atoms in total. The van der Waals surface area contributed by atoms with E-state index in [2.05, 4.69) is 29.1 Å². The van der Waals surface area contributed by atoms with Crippen molar-refractivity contribution in [3.8, 4) is 5.88 Å². The Bertz CT molecular complexity index is 371. The smallest absolute Gasteiger partial charge is 0.242 e. The Hall–Kier alpha value is -1.56. The lowest BCUT2D eigenvalue weighted by atomic mass is 10.2. The fourth-order valence-electron chi connectivity index (χ4n) is 1.29. The van der Waals surface area contributed by atoms with Gasteiger partial charge < -0.3 is 20.5 Å². The van der Waals surface area contributed by atoms with Gasteiger partial charge in [0.05, 0.1) is 7.11 Å². The first-order chi connectivity index (χ1) is 8.12. The van der Waals surface area contributed by atoms with Gasteiger partial charge in [-0.05, 0) is 13.3 Å². The van der Waals surface area contributed by atoms with E-state index in [9.17, 15) is 0 Å². The van der Waals surface area contributed by atoms with Crippen molar-refractivity contribution in [3.63, 3.8) is 0 Å². The van der Waals surface area contributed by atoms with E-state index in [-0.39, 0.29) is 6.04 Å². The molecule has 0 fully saturated rings. The minimum absolute atomic E-state index is 0.285. The van der Waals surface area contributed by atoms with Gasteiger partial charge in [0.15, 0.2) is 11.6 Å². The summed E-state index contributed by atoms with van der Waals surface area (Å²) < 4.78 is 10.1. The number of nitrogens with two attached hydrogens (primary N) is 1. The molecule has 1 atom stereocenters. The average molecular weight is 240 g/mol. The quantitative estimate of drug-likeness (QED) is 0.782. The number of anilines is 2. The van der Waals surface area contributed by atoms with Crippen molar-refractivity contribution in [2.24, 2.45) is 0 Å². The summed E-state index contributed by atoms with van der Waals surface area (Å²) in [5.41, 5.74) is 6.33. The molecule has 0 saturated carbocycles. The molecule has 0 bridgehead atoms. The zero-order chi connectivity index (χ0) is 12.8. The van der Waals surface area contributed by atoms with Crippen molar-refractivity contribution in [1.29, 1.82) is 0 Å². The molecule has 1 unspecified atom stereocenters. The largest absolute Gasteiger partial charge is 0.479 e. The summed E-state index contributed by atoms with van der Waals surface area (Å²) in [6.07, 6.45) is 0.978. The topological polar surface area (TPSA) is 82.3 Å². The molecule has 1 aromatic heterocycles. The molecule has 0 aliphatic heterocycles. The lowest BCUT2D eigenvalue weighted by molar-refractivity contribution is 0.177. The van der Waals surface area contributed by atoms with Crippen molar-refractivity contribution in [2.45, 2.75) is 32.9 Å². The molecule has 6 heteroatoms. The van der Waals surface area contributed by atoms with E-state index in [4.69, 9.17) is 15.2 Å². The van der Waals surface area contributed by atoms with Crippen molar-refractivity contribution < 1.29 is 9.47 Å². The van der Waals surface area contributed by atoms with Gasteiger partial charge in [-0.3, -0.25) is 0 Å². The van der Waals surface area contributed by atoms with Crippen LogP contribution in [0.1, 0.15) is 26.1 Å². The standard InChI is InChI=1S/C11H20N4O2/c1-5-7(2)13-10-9(12)11(17-4)15-8(14-10)6-16-3/h7H,5-6,12H2,1-4H3,(H,13,14,15). The van der Waals surface area contributed by atoms with Crippen molar-refractivity contribution in [2.75, 3.05) is 25.3 Å². The minimum atomic E-state index is 0.285. The van der Waals surface area contributed by atoms with Gasteiger partial charge in [-0.15, -0.1) is 0 Å². The molecule has 0 aromatic carbocycles. The molecular formula is C11H20N4O2.